The summed E-state index contributed by atoms with van der Waals surface area (Å²) in [5.74, 6) is 1.64. The van der Waals surface area contributed by atoms with Gasteiger partial charge in [-0.15, -0.1) is 0 Å². The van der Waals surface area contributed by atoms with E-state index >= 15 is 0 Å². The van der Waals surface area contributed by atoms with E-state index in [1.807, 2.05) is 14.0 Å². The molecule has 1 heterocycles. The van der Waals surface area contributed by atoms with Gasteiger partial charge in [-0.25, -0.2) is 0 Å². The summed E-state index contributed by atoms with van der Waals surface area (Å²) >= 11 is 0. The van der Waals surface area contributed by atoms with Crippen molar-refractivity contribution in [2.75, 3.05) is 57.0 Å². The van der Waals surface area contributed by atoms with Crippen LogP contribution in [0.3, 0.4) is 0 Å². The van der Waals surface area contributed by atoms with Crippen LogP contribution in [0.25, 0.3) is 0 Å². The average Bonchev–Trinajstić information content (AvgIpc) is 2.80. The minimum atomic E-state index is -0.690. The first-order chi connectivity index (χ1) is 15.0. The highest BCUT2D eigenvalue weighted by Crippen LogP contribution is 2.24. The highest BCUT2D eigenvalue weighted by Gasteiger charge is 2.26. The SMILES string of the molecule is CCS(=O)C1CCCC(NC(=NC)NCCN2CCN(c3cccc(C)c3C)CC2)C1. The van der Waals surface area contributed by atoms with Crippen LogP contribution in [-0.4, -0.2) is 78.4 Å². The van der Waals surface area contributed by atoms with Crippen molar-refractivity contribution in [2.45, 2.75) is 57.7 Å². The molecule has 1 aliphatic carbocycles. The van der Waals surface area contributed by atoms with E-state index in [1.165, 1.54) is 16.8 Å². The molecule has 1 aliphatic heterocycles. The summed E-state index contributed by atoms with van der Waals surface area (Å²) in [5, 5.41) is 7.40. The molecule has 0 amide bonds. The zero-order chi connectivity index (χ0) is 22.2. The van der Waals surface area contributed by atoms with E-state index in [-0.39, 0.29) is 0 Å². The van der Waals surface area contributed by atoms with Crippen molar-refractivity contribution < 1.29 is 4.21 Å². The number of hydrogen-bond acceptors (Lipinski definition) is 4. The summed E-state index contributed by atoms with van der Waals surface area (Å²) in [6, 6.07) is 6.99. The van der Waals surface area contributed by atoms with E-state index in [2.05, 4.69) is 57.5 Å². The van der Waals surface area contributed by atoms with Crippen LogP contribution in [0.1, 0.15) is 43.7 Å². The van der Waals surface area contributed by atoms with Gasteiger partial charge in [0.05, 0.1) is 0 Å². The van der Waals surface area contributed by atoms with Gasteiger partial charge in [0.2, 0.25) is 0 Å². The third-order valence-electron chi connectivity index (χ3n) is 6.86. The van der Waals surface area contributed by atoms with Crippen molar-refractivity contribution in [3.05, 3.63) is 29.3 Å². The number of aliphatic imine (C=N–C) groups is 1. The van der Waals surface area contributed by atoms with E-state index in [0.29, 0.717) is 11.3 Å². The summed E-state index contributed by atoms with van der Waals surface area (Å²) in [4.78, 5) is 9.47. The zero-order valence-electron chi connectivity index (χ0n) is 19.8. The first-order valence-electron chi connectivity index (χ1n) is 11.9. The maximum atomic E-state index is 12.2. The van der Waals surface area contributed by atoms with Gasteiger partial charge >= 0.3 is 0 Å². The first-order valence-corrected chi connectivity index (χ1v) is 13.3. The van der Waals surface area contributed by atoms with Gasteiger partial charge in [0.25, 0.3) is 0 Å². The Kier molecular flexibility index (Phi) is 9.20. The van der Waals surface area contributed by atoms with Gasteiger partial charge in [0.1, 0.15) is 0 Å². The number of nitrogens with one attached hydrogen (secondary N) is 2. The molecule has 0 aromatic heterocycles. The zero-order valence-corrected chi connectivity index (χ0v) is 20.6. The number of benzene rings is 1. The second-order valence-electron chi connectivity index (χ2n) is 8.85. The Balaban J connectivity index is 1.39. The lowest BCUT2D eigenvalue weighted by Gasteiger charge is -2.37. The molecular formula is C24H41N5OS. The lowest BCUT2D eigenvalue weighted by atomic mass is 9.95. The van der Waals surface area contributed by atoms with E-state index < -0.39 is 10.8 Å². The Hall–Kier alpha value is -1.60. The molecule has 2 aliphatic rings. The van der Waals surface area contributed by atoms with Crippen molar-refractivity contribution in [2.24, 2.45) is 4.99 Å². The fourth-order valence-corrected chi connectivity index (χ4v) is 6.11. The second kappa shape index (κ2) is 11.9. The van der Waals surface area contributed by atoms with Gasteiger partial charge in [0, 0.05) is 79.8 Å². The van der Waals surface area contributed by atoms with E-state index in [1.54, 1.807) is 0 Å². The lowest BCUT2D eigenvalue weighted by Crippen LogP contribution is -2.51. The minimum Gasteiger partial charge on any atom is -0.369 e. The molecule has 174 valence electrons. The topological polar surface area (TPSA) is 60.0 Å². The summed E-state index contributed by atoms with van der Waals surface area (Å²) < 4.78 is 12.2. The molecule has 3 rings (SSSR count). The van der Waals surface area contributed by atoms with Gasteiger partial charge in [-0.1, -0.05) is 25.5 Å². The average molecular weight is 448 g/mol. The molecule has 1 aromatic carbocycles. The lowest BCUT2D eigenvalue weighted by molar-refractivity contribution is 0.261. The normalized spacial score (nSPS) is 24.1. The van der Waals surface area contributed by atoms with Gasteiger partial charge in [-0.2, -0.15) is 0 Å². The molecule has 1 saturated heterocycles. The van der Waals surface area contributed by atoms with Crippen molar-refractivity contribution in [3.8, 4) is 0 Å². The third-order valence-corrected chi connectivity index (χ3v) is 8.60. The maximum absolute atomic E-state index is 12.2. The fourth-order valence-electron chi connectivity index (χ4n) is 4.76. The summed E-state index contributed by atoms with van der Waals surface area (Å²) in [5.41, 5.74) is 4.16. The largest absolute Gasteiger partial charge is 0.369 e. The molecule has 1 aromatic rings. The Morgan fingerprint density at radius 3 is 2.68 bits per heavy atom. The number of rotatable bonds is 7. The van der Waals surface area contributed by atoms with E-state index in [9.17, 15) is 4.21 Å². The monoisotopic (exact) mass is 447 g/mol. The van der Waals surface area contributed by atoms with Gasteiger partial charge < -0.3 is 15.5 Å². The van der Waals surface area contributed by atoms with Crippen LogP contribution < -0.4 is 15.5 Å². The Morgan fingerprint density at radius 1 is 1.19 bits per heavy atom. The molecule has 0 spiro atoms. The smallest absolute Gasteiger partial charge is 0.191 e. The highest BCUT2D eigenvalue weighted by atomic mass is 32.2. The van der Waals surface area contributed by atoms with Crippen molar-refractivity contribution >= 4 is 22.4 Å². The molecule has 0 bridgehead atoms. The van der Waals surface area contributed by atoms with Gasteiger partial charge in [0.15, 0.2) is 5.96 Å². The molecule has 3 atom stereocenters. The van der Waals surface area contributed by atoms with Crippen molar-refractivity contribution in [1.82, 2.24) is 15.5 Å². The number of anilines is 1. The third kappa shape index (κ3) is 6.69. The van der Waals surface area contributed by atoms with Gasteiger partial charge in [-0.3, -0.25) is 14.1 Å². The first kappa shape index (κ1) is 24.1. The summed E-state index contributed by atoms with van der Waals surface area (Å²) in [6.07, 6.45) is 4.37. The van der Waals surface area contributed by atoms with Crippen LogP contribution in [0, 0.1) is 13.8 Å². The quantitative estimate of drug-likeness (QED) is 0.497. The Labute approximate surface area is 191 Å². The Bertz CT molecular complexity index is 760. The van der Waals surface area contributed by atoms with Crippen LogP contribution in [-0.2, 0) is 10.8 Å². The molecule has 0 radical (unpaired) electrons. The summed E-state index contributed by atoms with van der Waals surface area (Å²) in [6.45, 7) is 12.7. The number of guanidine groups is 1. The fraction of sp³-hybridized carbons (Fsp3) is 0.708. The van der Waals surface area contributed by atoms with E-state index in [4.69, 9.17) is 0 Å². The molecule has 31 heavy (non-hydrogen) atoms. The second-order valence-corrected chi connectivity index (χ2v) is 10.9. The molecule has 3 unspecified atom stereocenters. The molecule has 1 saturated carbocycles. The predicted octanol–water partition coefficient (Wildman–Crippen LogP) is 2.67. The Morgan fingerprint density at radius 2 is 1.97 bits per heavy atom. The van der Waals surface area contributed by atoms with Crippen LogP contribution in [0.2, 0.25) is 0 Å². The van der Waals surface area contributed by atoms with Crippen molar-refractivity contribution in [1.29, 1.82) is 0 Å². The predicted molar refractivity (Wildman–Crippen MR) is 134 cm³/mol. The minimum absolute atomic E-state index is 0.336. The highest BCUT2D eigenvalue weighted by molar-refractivity contribution is 7.85. The maximum Gasteiger partial charge on any atom is 0.191 e. The van der Waals surface area contributed by atoms with Crippen molar-refractivity contribution in [3.63, 3.8) is 0 Å². The molecule has 7 heteroatoms. The number of piperazine rings is 1. The number of nitrogens with zero attached hydrogens (tertiary/aromatic N) is 3. The summed E-state index contributed by atoms with van der Waals surface area (Å²) in [7, 11) is 1.15. The number of aryl methyl sites for hydroxylation is 1. The molecule has 6 nitrogen and oxygen atoms in total. The molecule has 2 N–H and O–H groups in total. The number of hydrogen-bond donors (Lipinski definition) is 2. The van der Waals surface area contributed by atoms with Crippen LogP contribution in [0.4, 0.5) is 5.69 Å². The molecular weight excluding hydrogens is 406 g/mol. The van der Waals surface area contributed by atoms with Gasteiger partial charge in [-0.05, 0) is 50.3 Å². The van der Waals surface area contributed by atoms with Crippen LogP contribution >= 0.6 is 0 Å². The standard InChI is InChI=1S/C24H41N5OS/c1-5-31(30)22-10-7-9-21(18-22)27-24(25-4)26-12-13-28-14-16-29(17-15-28)23-11-6-8-19(2)20(23)3/h6,8,11,21-22H,5,7,9-10,12-18H2,1-4H3,(H2,25,26,27). The van der Waals surface area contributed by atoms with Crippen LogP contribution in [0.5, 0.6) is 0 Å². The van der Waals surface area contributed by atoms with E-state index in [0.717, 1.165) is 76.7 Å². The molecule has 2 fully saturated rings. The van der Waals surface area contributed by atoms with Crippen LogP contribution in [0.15, 0.2) is 23.2 Å².